The number of anilines is 1. The Balaban J connectivity index is 2.24. The van der Waals surface area contributed by atoms with Gasteiger partial charge in [-0.1, -0.05) is 0 Å². The molecular weight excluding hydrogens is 320 g/mol. The van der Waals surface area contributed by atoms with Gasteiger partial charge in [-0.05, 0) is 12.1 Å². The van der Waals surface area contributed by atoms with Gasteiger partial charge in [0.05, 0.1) is 26.3 Å². The van der Waals surface area contributed by atoms with Gasteiger partial charge in [-0.2, -0.15) is 0 Å². The van der Waals surface area contributed by atoms with Crippen molar-refractivity contribution in [1.82, 2.24) is 4.98 Å². The summed E-state index contributed by atoms with van der Waals surface area (Å²) in [5.74, 6) is -0.206. The van der Waals surface area contributed by atoms with Gasteiger partial charge in [-0.25, -0.2) is 9.78 Å². The molecule has 0 fully saturated rings. The summed E-state index contributed by atoms with van der Waals surface area (Å²) in [4.78, 5) is 36.5. The van der Waals surface area contributed by atoms with Crippen molar-refractivity contribution in [2.24, 2.45) is 0 Å². The highest BCUT2D eigenvalue weighted by Crippen LogP contribution is 2.29. The zero-order valence-corrected chi connectivity index (χ0v) is 11.8. The molecule has 1 heterocycles. The lowest BCUT2D eigenvalue weighted by Crippen LogP contribution is -2.05. The molecule has 3 rings (SSSR count). The smallest absolute Gasteiger partial charge is 0.347 e. The molecule has 3 aromatic rings. The maximum atomic E-state index is 12.1. The average molecular weight is 328 g/mol. The lowest BCUT2D eigenvalue weighted by molar-refractivity contribution is -0.384. The van der Waals surface area contributed by atoms with Crippen molar-refractivity contribution in [3.63, 3.8) is 0 Å². The van der Waals surface area contributed by atoms with Crippen LogP contribution in [0.15, 0.2) is 45.6 Å². The summed E-state index contributed by atoms with van der Waals surface area (Å²) in [5.41, 5.74) is 4.76. The standard InChI is InChI=1S/C14H8N4O6/c15-11-3-1-7(17(20)21)5-9(11)13-16-12-4-2-8(18(22)23)6-10(12)14(19)24-13/h1-6H,15H2. The van der Waals surface area contributed by atoms with Gasteiger partial charge >= 0.3 is 5.63 Å². The second-order valence-electron chi connectivity index (χ2n) is 4.79. The number of benzene rings is 2. The Bertz CT molecular complexity index is 1060. The van der Waals surface area contributed by atoms with Gasteiger partial charge in [-0.3, -0.25) is 20.2 Å². The number of nitrogens with two attached hydrogens (primary N) is 1. The Kier molecular flexibility index (Phi) is 3.41. The Morgan fingerprint density at radius 3 is 2.29 bits per heavy atom. The predicted molar refractivity (Wildman–Crippen MR) is 83.4 cm³/mol. The number of fused-ring (bicyclic) bond motifs is 1. The number of nitrogens with zero attached hydrogens (tertiary/aromatic N) is 3. The molecule has 0 aliphatic heterocycles. The third-order valence-electron chi connectivity index (χ3n) is 3.30. The molecule has 0 saturated carbocycles. The molecule has 0 amide bonds. The van der Waals surface area contributed by atoms with Gasteiger partial charge in [-0.15, -0.1) is 0 Å². The second-order valence-corrected chi connectivity index (χ2v) is 4.79. The first kappa shape index (κ1) is 15.1. The van der Waals surface area contributed by atoms with E-state index in [2.05, 4.69) is 4.98 Å². The van der Waals surface area contributed by atoms with Gasteiger partial charge in [0.1, 0.15) is 0 Å². The second kappa shape index (κ2) is 5.43. The fourth-order valence-corrected chi connectivity index (χ4v) is 2.13. The van der Waals surface area contributed by atoms with E-state index in [0.717, 1.165) is 12.1 Å². The number of rotatable bonds is 3. The fourth-order valence-electron chi connectivity index (χ4n) is 2.13. The molecule has 0 aliphatic rings. The lowest BCUT2D eigenvalue weighted by Gasteiger charge is -2.04. The number of hydrogen-bond acceptors (Lipinski definition) is 8. The number of hydrogen-bond donors (Lipinski definition) is 1. The van der Waals surface area contributed by atoms with E-state index in [0.29, 0.717) is 0 Å². The van der Waals surface area contributed by atoms with Gasteiger partial charge < -0.3 is 10.2 Å². The van der Waals surface area contributed by atoms with Crippen molar-refractivity contribution < 1.29 is 14.3 Å². The van der Waals surface area contributed by atoms with Gasteiger partial charge in [0.15, 0.2) is 0 Å². The molecule has 0 radical (unpaired) electrons. The fraction of sp³-hybridized carbons (Fsp3) is 0. The summed E-state index contributed by atoms with van der Waals surface area (Å²) in [7, 11) is 0. The van der Waals surface area contributed by atoms with E-state index in [1.807, 2.05) is 0 Å². The van der Waals surface area contributed by atoms with E-state index in [1.54, 1.807) is 0 Å². The Morgan fingerprint density at radius 2 is 1.62 bits per heavy atom. The number of non-ortho nitro benzene ring substituents is 2. The summed E-state index contributed by atoms with van der Waals surface area (Å²) < 4.78 is 5.04. The van der Waals surface area contributed by atoms with Gasteiger partial charge in [0.2, 0.25) is 5.89 Å². The monoisotopic (exact) mass is 328 g/mol. The first-order valence-corrected chi connectivity index (χ1v) is 6.50. The van der Waals surface area contributed by atoms with Crippen LogP contribution >= 0.6 is 0 Å². The highest BCUT2D eigenvalue weighted by Gasteiger charge is 2.17. The normalized spacial score (nSPS) is 10.7. The molecule has 0 bridgehead atoms. The molecular formula is C14H8N4O6. The molecule has 24 heavy (non-hydrogen) atoms. The number of aromatic nitrogens is 1. The molecule has 0 unspecified atom stereocenters. The van der Waals surface area contributed by atoms with Crippen molar-refractivity contribution in [3.05, 3.63) is 67.0 Å². The van der Waals surface area contributed by atoms with Crippen LogP contribution in [0.3, 0.4) is 0 Å². The minimum Gasteiger partial charge on any atom is -0.403 e. The van der Waals surface area contributed by atoms with Crippen molar-refractivity contribution >= 4 is 28.0 Å². The van der Waals surface area contributed by atoms with Crippen molar-refractivity contribution in [3.8, 4) is 11.5 Å². The Labute approximate surface area is 132 Å². The summed E-state index contributed by atoms with van der Waals surface area (Å²) >= 11 is 0. The Hall–Kier alpha value is -3.82. The van der Waals surface area contributed by atoms with Gasteiger partial charge in [0.25, 0.3) is 11.4 Å². The van der Waals surface area contributed by atoms with Crippen LogP contribution in [0.25, 0.3) is 22.4 Å². The molecule has 120 valence electrons. The molecule has 2 aromatic carbocycles. The van der Waals surface area contributed by atoms with Crippen molar-refractivity contribution in [2.75, 3.05) is 5.73 Å². The largest absolute Gasteiger partial charge is 0.403 e. The third-order valence-corrected chi connectivity index (χ3v) is 3.30. The maximum Gasteiger partial charge on any atom is 0.347 e. The van der Waals surface area contributed by atoms with E-state index in [-0.39, 0.29) is 39.4 Å². The van der Waals surface area contributed by atoms with Crippen LogP contribution in [0.4, 0.5) is 17.1 Å². The van der Waals surface area contributed by atoms with Crippen molar-refractivity contribution in [1.29, 1.82) is 0 Å². The van der Waals surface area contributed by atoms with E-state index in [1.165, 1.54) is 24.3 Å². The van der Waals surface area contributed by atoms with Gasteiger partial charge in [0, 0.05) is 30.0 Å². The summed E-state index contributed by atoms with van der Waals surface area (Å²) in [6, 6.07) is 7.18. The molecule has 0 saturated heterocycles. The summed E-state index contributed by atoms with van der Waals surface area (Å²) in [6.45, 7) is 0. The number of nitrogen functional groups attached to an aromatic ring is 1. The SMILES string of the molecule is Nc1ccc([N+](=O)[O-])cc1-c1nc2ccc([N+](=O)[O-])cc2c(=O)o1. The number of nitro benzene ring substituents is 2. The molecule has 0 spiro atoms. The van der Waals surface area contributed by atoms with E-state index in [9.17, 15) is 25.0 Å². The predicted octanol–water partition coefficient (Wildman–Crippen LogP) is 2.25. The summed E-state index contributed by atoms with van der Waals surface area (Å²) in [5, 5.41) is 21.6. The third kappa shape index (κ3) is 2.52. The zero-order valence-electron chi connectivity index (χ0n) is 11.8. The maximum absolute atomic E-state index is 12.1. The first-order chi connectivity index (χ1) is 11.4. The van der Waals surface area contributed by atoms with Crippen LogP contribution in [-0.4, -0.2) is 14.8 Å². The van der Waals surface area contributed by atoms with E-state index < -0.39 is 15.5 Å². The number of nitro groups is 2. The molecule has 10 heteroatoms. The minimum atomic E-state index is -0.857. The van der Waals surface area contributed by atoms with Crippen LogP contribution in [0.2, 0.25) is 0 Å². The van der Waals surface area contributed by atoms with Crippen LogP contribution in [-0.2, 0) is 0 Å². The summed E-state index contributed by atoms with van der Waals surface area (Å²) in [6.07, 6.45) is 0. The Morgan fingerprint density at radius 1 is 1.00 bits per heavy atom. The quantitative estimate of drug-likeness (QED) is 0.436. The minimum absolute atomic E-state index is 0.0723. The van der Waals surface area contributed by atoms with E-state index >= 15 is 0 Å². The molecule has 0 atom stereocenters. The molecule has 2 N–H and O–H groups in total. The molecule has 10 nitrogen and oxygen atoms in total. The van der Waals surface area contributed by atoms with E-state index in [4.69, 9.17) is 10.2 Å². The topological polar surface area (TPSA) is 155 Å². The van der Waals surface area contributed by atoms with Crippen LogP contribution < -0.4 is 11.4 Å². The first-order valence-electron chi connectivity index (χ1n) is 6.50. The zero-order chi connectivity index (χ0) is 17.4. The lowest BCUT2D eigenvalue weighted by atomic mass is 10.1. The van der Waals surface area contributed by atoms with Crippen LogP contribution in [0.5, 0.6) is 0 Å². The van der Waals surface area contributed by atoms with Crippen molar-refractivity contribution in [2.45, 2.75) is 0 Å². The van der Waals surface area contributed by atoms with Crippen LogP contribution in [0, 0.1) is 20.2 Å². The highest BCUT2D eigenvalue weighted by molar-refractivity contribution is 5.82. The average Bonchev–Trinajstić information content (AvgIpc) is 2.54. The molecule has 1 aromatic heterocycles. The molecule has 0 aliphatic carbocycles. The highest BCUT2D eigenvalue weighted by atomic mass is 16.6. The van der Waals surface area contributed by atoms with Crippen LogP contribution in [0.1, 0.15) is 0 Å².